The quantitative estimate of drug-likeness (QED) is 0.0950. The largest absolute Gasteiger partial charge is 0.497 e. The predicted molar refractivity (Wildman–Crippen MR) is 193 cm³/mol. The number of benzene rings is 2. The molecule has 2 aliphatic rings. The van der Waals surface area contributed by atoms with E-state index in [0.29, 0.717) is 5.92 Å². The molecule has 2 fully saturated rings. The molecule has 0 amide bonds. The van der Waals surface area contributed by atoms with Gasteiger partial charge in [-0.2, -0.15) is 0 Å². The maximum atomic E-state index is 11.6. The summed E-state index contributed by atoms with van der Waals surface area (Å²) in [5.41, 5.74) is 2.71. The van der Waals surface area contributed by atoms with Gasteiger partial charge in [0.15, 0.2) is 0 Å². The third kappa shape index (κ3) is 8.86. The molecule has 2 aromatic carbocycles. The number of thioether (sulfide) groups is 4. The van der Waals surface area contributed by atoms with Crippen molar-refractivity contribution < 1.29 is 9.66 Å². The van der Waals surface area contributed by atoms with Crippen LogP contribution in [0.2, 0.25) is 0 Å². The molecular weight excluding hydrogens is 611 g/mol. The van der Waals surface area contributed by atoms with E-state index in [1.807, 2.05) is 0 Å². The summed E-state index contributed by atoms with van der Waals surface area (Å²) in [6, 6.07) is 16.3. The van der Waals surface area contributed by atoms with Gasteiger partial charge < -0.3 is 4.74 Å². The standard InChI is InChI=1S/C35H51NO3S4/c1-4-6-8-10-12-14-28-24-40-34(41-25-28,30-16-20-32(21-17-30)36(37)38)35(31-18-22-33(39-3)23-19-31)42-26-29(27-43-35)15-13-11-9-7-5-2/h16-23,28-29H,4-15,24-27H2,1-3H3. The Morgan fingerprint density at radius 1 is 0.674 bits per heavy atom. The maximum absolute atomic E-state index is 11.6. The van der Waals surface area contributed by atoms with Gasteiger partial charge in [-0.3, -0.25) is 10.1 Å². The van der Waals surface area contributed by atoms with E-state index in [0.717, 1.165) is 34.7 Å². The minimum absolute atomic E-state index is 0.167. The highest BCUT2D eigenvalue weighted by molar-refractivity contribution is 8.24. The van der Waals surface area contributed by atoms with Crippen molar-refractivity contribution in [2.45, 2.75) is 99.1 Å². The first-order valence-corrected chi connectivity index (χ1v) is 20.4. The zero-order chi connectivity index (χ0) is 30.5. The highest BCUT2D eigenvalue weighted by Crippen LogP contribution is 2.72. The van der Waals surface area contributed by atoms with Gasteiger partial charge in [0.2, 0.25) is 0 Å². The molecule has 2 saturated heterocycles. The highest BCUT2D eigenvalue weighted by Gasteiger charge is 2.58. The van der Waals surface area contributed by atoms with Crippen molar-refractivity contribution in [3.05, 3.63) is 69.8 Å². The lowest BCUT2D eigenvalue weighted by Gasteiger charge is -2.54. The Morgan fingerprint density at radius 3 is 1.44 bits per heavy atom. The fourth-order valence-corrected chi connectivity index (χ4v) is 14.9. The molecule has 2 aromatic rings. The SMILES string of the molecule is CCCCCCCC1CSC(c2ccc(OC)cc2)(C2(c3ccc([N+](=O)[O-])cc3)SCC(CCCCCCC)CS2)SC1. The average molecular weight is 662 g/mol. The first kappa shape index (κ1) is 34.9. The minimum Gasteiger partial charge on any atom is -0.497 e. The lowest BCUT2D eigenvalue weighted by atomic mass is 10.0. The summed E-state index contributed by atoms with van der Waals surface area (Å²) in [5.74, 6) is 6.91. The molecule has 238 valence electrons. The summed E-state index contributed by atoms with van der Waals surface area (Å²) < 4.78 is 5.12. The molecule has 0 spiro atoms. The van der Waals surface area contributed by atoms with E-state index >= 15 is 0 Å². The first-order chi connectivity index (χ1) is 21.0. The fourth-order valence-electron chi connectivity index (χ4n) is 6.23. The van der Waals surface area contributed by atoms with Gasteiger partial charge in [-0.25, -0.2) is 0 Å². The van der Waals surface area contributed by atoms with Crippen molar-refractivity contribution in [1.29, 1.82) is 0 Å². The summed E-state index contributed by atoms with van der Waals surface area (Å²) in [7, 11) is 1.73. The molecule has 4 nitrogen and oxygen atoms in total. The molecule has 2 aliphatic heterocycles. The maximum Gasteiger partial charge on any atom is 0.269 e. The van der Waals surface area contributed by atoms with E-state index in [1.54, 1.807) is 19.2 Å². The van der Waals surface area contributed by atoms with Gasteiger partial charge in [0.25, 0.3) is 5.69 Å². The van der Waals surface area contributed by atoms with Gasteiger partial charge in [0.05, 0.1) is 12.0 Å². The van der Waals surface area contributed by atoms with Gasteiger partial charge in [-0.1, -0.05) is 90.2 Å². The molecule has 0 aliphatic carbocycles. The van der Waals surface area contributed by atoms with E-state index in [2.05, 4.69) is 97.3 Å². The molecule has 8 heteroatoms. The number of hydrogen-bond acceptors (Lipinski definition) is 7. The number of methoxy groups -OCH3 is 1. The van der Waals surface area contributed by atoms with Gasteiger partial charge in [-0.15, -0.1) is 47.0 Å². The van der Waals surface area contributed by atoms with E-state index in [9.17, 15) is 10.1 Å². The Balaban J connectivity index is 1.62. The lowest BCUT2D eigenvalue weighted by Crippen LogP contribution is -2.46. The molecule has 0 bridgehead atoms. The second-order valence-electron chi connectivity index (χ2n) is 12.1. The third-order valence-electron chi connectivity index (χ3n) is 8.88. The molecule has 2 heterocycles. The Kier molecular flexibility index (Phi) is 14.3. The number of ether oxygens (including phenoxy) is 1. The van der Waals surface area contributed by atoms with Crippen molar-refractivity contribution in [2.75, 3.05) is 30.1 Å². The van der Waals surface area contributed by atoms with Crippen LogP contribution in [0.15, 0.2) is 48.5 Å². The average Bonchev–Trinajstić information content (AvgIpc) is 3.05. The van der Waals surface area contributed by atoms with Crippen LogP contribution in [0.25, 0.3) is 0 Å². The zero-order valence-corrected chi connectivity index (χ0v) is 29.7. The number of rotatable bonds is 17. The van der Waals surface area contributed by atoms with Crippen molar-refractivity contribution in [1.82, 2.24) is 0 Å². The van der Waals surface area contributed by atoms with Gasteiger partial charge >= 0.3 is 0 Å². The highest BCUT2D eigenvalue weighted by atomic mass is 32.2. The number of nitro groups is 1. The summed E-state index contributed by atoms with van der Waals surface area (Å²) in [6.07, 6.45) is 15.9. The van der Waals surface area contributed by atoms with Crippen LogP contribution in [0.3, 0.4) is 0 Å². The molecule has 0 unspecified atom stereocenters. The van der Waals surface area contributed by atoms with Crippen LogP contribution >= 0.6 is 47.0 Å². The number of non-ortho nitro benzene ring substituents is 1. The molecular formula is C35H51NO3S4. The van der Waals surface area contributed by atoms with Gasteiger partial charge in [0, 0.05) is 12.1 Å². The second-order valence-corrected chi connectivity index (χ2v) is 17.6. The third-order valence-corrected chi connectivity index (χ3v) is 17.2. The van der Waals surface area contributed by atoms with Crippen LogP contribution in [0, 0.1) is 22.0 Å². The van der Waals surface area contributed by atoms with Crippen LogP contribution < -0.4 is 4.74 Å². The van der Waals surface area contributed by atoms with Gasteiger partial charge in [0.1, 0.15) is 13.9 Å². The molecule has 4 rings (SSSR count). The van der Waals surface area contributed by atoms with E-state index < -0.39 is 0 Å². The van der Waals surface area contributed by atoms with E-state index in [1.165, 1.54) is 88.2 Å². The number of unbranched alkanes of at least 4 members (excludes halogenated alkanes) is 8. The first-order valence-electron chi connectivity index (χ1n) is 16.4. The molecule has 0 saturated carbocycles. The predicted octanol–water partition coefficient (Wildman–Crippen LogP) is 11.5. The second kappa shape index (κ2) is 17.7. The molecule has 43 heavy (non-hydrogen) atoms. The van der Waals surface area contributed by atoms with Gasteiger partial charge in [-0.05, 0) is 83.1 Å². The smallest absolute Gasteiger partial charge is 0.269 e. The van der Waals surface area contributed by atoms with Crippen LogP contribution in [0.1, 0.15) is 102 Å². The number of nitrogens with zero attached hydrogens (tertiary/aromatic N) is 1. The van der Waals surface area contributed by atoms with Crippen molar-refractivity contribution in [2.24, 2.45) is 11.8 Å². The molecule has 0 atom stereocenters. The Morgan fingerprint density at radius 2 is 1.07 bits per heavy atom. The lowest BCUT2D eigenvalue weighted by molar-refractivity contribution is -0.384. The summed E-state index contributed by atoms with van der Waals surface area (Å²) in [5, 5.41) is 11.6. The van der Waals surface area contributed by atoms with Crippen LogP contribution in [0.4, 0.5) is 5.69 Å². The van der Waals surface area contributed by atoms with E-state index in [-0.39, 0.29) is 18.8 Å². The van der Waals surface area contributed by atoms with Crippen molar-refractivity contribution in [3.63, 3.8) is 0 Å². The summed E-state index contributed by atoms with van der Waals surface area (Å²) in [6.45, 7) is 4.56. The minimum atomic E-state index is -0.277. The van der Waals surface area contributed by atoms with Crippen LogP contribution in [0.5, 0.6) is 5.75 Å². The van der Waals surface area contributed by atoms with Crippen molar-refractivity contribution in [3.8, 4) is 5.75 Å². The normalized spacial score (nSPS) is 25.8. The monoisotopic (exact) mass is 661 g/mol. The number of hydrogen-bond donors (Lipinski definition) is 0. The Hall–Kier alpha value is -0.960. The summed E-state index contributed by atoms with van der Waals surface area (Å²) >= 11 is 8.50. The summed E-state index contributed by atoms with van der Waals surface area (Å²) in [4.78, 5) is 11.3. The molecule has 0 radical (unpaired) electrons. The van der Waals surface area contributed by atoms with Crippen LogP contribution in [-0.4, -0.2) is 35.0 Å². The molecule has 0 aromatic heterocycles. The van der Waals surface area contributed by atoms with Crippen LogP contribution in [-0.2, 0) is 8.16 Å². The van der Waals surface area contributed by atoms with Crippen molar-refractivity contribution >= 4 is 52.7 Å². The number of nitro benzene ring substituents is 1. The topological polar surface area (TPSA) is 52.4 Å². The Bertz CT molecular complexity index is 1100. The fraction of sp³-hybridized carbons (Fsp3) is 0.657. The zero-order valence-electron chi connectivity index (χ0n) is 26.4. The Labute approximate surface area is 277 Å². The molecule has 0 N–H and O–H groups in total. The van der Waals surface area contributed by atoms with E-state index in [4.69, 9.17) is 4.74 Å².